The van der Waals surface area contributed by atoms with Crippen LogP contribution in [0.15, 0.2) is 34.4 Å². The quantitative estimate of drug-likeness (QED) is 0.607. The first-order valence-corrected chi connectivity index (χ1v) is 10.3. The molecule has 0 radical (unpaired) electrons. The van der Waals surface area contributed by atoms with Crippen molar-refractivity contribution < 1.29 is 13.6 Å². The Kier molecular flexibility index (Phi) is 6.58. The summed E-state index contributed by atoms with van der Waals surface area (Å²) in [5, 5.41) is 4.43. The molecule has 0 fully saturated rings. The van der Waals surface area contributed by atoms with Gasteiger partial charge in [-0.25, -0.2) is 13.8 Å². The molecule has 0 spiro atoms. The van der Waals surface area contributed by atoms with Crippen LogP contribution in [-0.4, -0.2) is 28.5 Å². The molecule has 0 saturated heterocycles. The van der Waals surface area contributed by atoms with Gasteiger partial charge in [0.15, 0.2) is 0 Å². The molecule has 0 aliphatic rings. The van der Waals surface area contributed by atoms with Gasteiger partial charge in [0.05, 0.1) is 5.52 Å². The van der Waals surface area contributed by atoms with E-state index < -0.39 is 11.6 Å². The van der Waals surface area contributed by atoms with E-state index in [1.165, 1.54) is 22.0 Å². The van der Waals surface area contributed by atoms with Gasteiger partial charge >= 0.3 is 0 Å². The molecule has 0 aliphatic heterocycles. The Morgan fingerprint density at radius 2 is 2.00 bits per heavy atom. The summed E-state index contributed by atoms with van der Waals surface area (Å²) < 4.78 is 28.7. The normalized spacial score (nSPS) is 11.0. The smallest absolute Gasteiger partial charge is 0.272 e. The summed E-state index contributed by atoms with van der Waals surface area (Å²) in [6, 6.07) is 5.02. The molecule has 1 aromatic carbocycles. The standard InChI is InChI=1S/C20H22F2N4O2S/c1-3-25(4-2)20-24-16-8-10-29-18(16)19(28)26(20)9-7-17(27)23-12-13-5-6-14(21)11-15(13)22/h5-6,8,10-11H,3-4,7,9,12H2,1-2H3,(H,23,27). The summed E-state index contributed by atoms with van der Waals surface area (Å²) in [6.07, 6.45) is 0.0373. The minimum Gasteiger partial charge on any atom is -0.352 e. The minimum absolute atomic E-state index is 0.0373. The monoisotopic (exact) mass is 420 g/mol. The maximum absolute atomic E-state index is 13.7. The highest BCUT2D eigenvalue weighted by Gasteiger charge is 2.17. The average Bonchev–Trinajstić information content (AvgIpc) is 3.17. The Morgan fingerprint density at radius 3 is 2.69 bits per heavy atom. The fraction of sp³-hybridized carbons (Fsp3) is 0.350. The highest BCUT2D eigenvalue weighted by molar-refractivity contribution is 7.17. The van der Waals surface area contributed by atoms with E-state index in [9.17, 15) is 18.4 Å². The SMILES string of the molecule is CCN(CC)c1nc2ccsc2c(=O)n1CCC(=O)NCc1ccc(F)cc1F. The van der Waals surface area contributed by atoms with E-state index in [1.54, 1.807) is 0 Å². The van der Waals surface area contributed by atoms with Crippen LogP contribution in [0.5, 0.6) is 0 Å². The third-order valence-electron chi connectivity index (χ3n) is 4.65. The second kappa shape index (κ2) is 9.13. The van der Waals surface area contributed by atoms with Crippen molar-refractivity contribution in [2.75, 3.05) is 18.0 Å². The molecule has 9 heteroatoms. The largest absolute Gasteiger partial charge is 0.352 e. The molecule has 154 valence electrons. The second-order valence-electron chi connectivity index (χ2n) is 6.44. The van der Waals surface area contributed by atoms with Gasteiger partial charge in [-0.1, -0.05) is 6.07 Å². The first-order chi connectivity index (χ1) is 13.9. The molecule has 1 amide bonds. The van der Waals surface area contributed by atoms with Gasteiger partial charge in [-0.2, -0.15) is 0 Å². The molecule has 0 saturated carbocycles. The first kappa shape index (κ1) is 20.9. The van der Waals surface area contributed by atoms with E-state index >= 15 is 0 Å². The first-order valence-electron chi connectivity index (χ1n) is 9.38. The third-order valence-corrected chi connectivity index (χ3v) is 5.54. The van der Waals surface area contributed by atoms with Crippen molar-refractivity contribution in [2.24, 2.45) is 0 Å². The summed E-state index contributed by atoms with van der Waals surface area (Å²) in [4.78, 5) is 31.7. The Labute approximate surface area is 170 Å². The van der Waals surface area contributed by atoms with E-state index in [0.717, 1.165) is 12.1 Å². The minimum atomic E-state index is -0.710. The third kappa shape index (κ3) is 4.61. The van der Waals surface area contributed by atoms with Gasteiger partial charge in [0.1, 0.15) is 16.3 Å². The highest BCUT2D eigenvalue weighted by Crippen LogP contribution is 2.19. The average molecular weight is 420 g/mol. The number of nitrogens with zero attached hydrogens (tertiary/aromatic N) is 3. The zero-order valence-electron chi connectivity index (χ0n) is 16.2. The van der Waals surface area contributed by atoms with Crippen molar-refractivity contribution in [3.63, 3.8) is 0 Å². The Balaban J connectivity index is 1.75. The van der Waals surface area contributed by atoms with Crippen LogP contribution in [0.25, 0.3) is 10.2 Å². The fourth-order valence-corrected chi connectivity index (χ4v) is 3.82. The maximum atomic E-state index is 13.7. The number of amides is 1. The Bertz CT molecular complexity index is 1080. The van der Waals surface area contributed by atoms with Crippen LogP contribution in [0.4, 0.5) is 14.7 Å². The number of hydrogen-bond donors (Lipinski definition) is 1. The van der Waals surface area contributed by atoms with E-state index in [0.29, 0.717) is 29.3 Å². The fourth-order valence-electron chi connectivity index (χ4n) is 3.04. The topological polar surface area (TPSA) is 67.2 Å². The van der Waals surface area contributed by atoms with Crippen molar-refractivity contribution in [3.05, 3.63) is 57.2 Å². The number of carbonyl (C=O) groups is 1. The van der Waals surface area contributed by atoms with Crippen LogP contribution >= 0.6 is 11.3 Å². The van der Waals surface area contributed by atoms with Gasteiger partial charge in [-0.05, 0) is 31.4 Å². The molecule has 0 aliphatic carbocycles. The predicted octanol–water partition coefficient (Wildman–Crippen LogP) is 3.29. The number of aromatic nitrogens is 2. The van der Waals surface area contributed by atoms with E-state index in [2.05, 4.69) is 10.3 Å². The second-order valence-corrected chi connectivity index (χ2v) is 7.35. The number of nitrogens with one attached hydrogen (secondary N) is 1. The summed E-state index contributed by atoms with van der Waals surface area (Å²) in [6.45, 7) is 5.40. The number of thiophene rings is 1. The molecule has 0 bridgehead atoms. The number of rotatable bonds is 8. The van der Waals surface area contributed by atoms with Gasteiger partial charge in [0, 0.05) is 44.2 Å². The molecular formula is C20H22F2N4O2S. The number of anilines is 1. The predicted molar refractivity (Wildman–Crippen MR) is 110 cm³/mol. The van der Waals surface area contributed by atoms with Crippen LogP contribution in [0.1, 0.15) is 25.8 Å². The van der Waals surface area contributed by atoms with Crippen LogP contribution in [-0.2, 0) is 17.9 Å². The number of hydrogen-bond acceptors (Lipinski definition) is 5. The zero-order valence-corrected chi connectivity index (χ0v) is 17.1. The molecule has 0 unspecified atom stereocenters. The number of fused-ring (bicyclic) bond motifs is 1. The van der Waals surface area contributed by atoms with Crippen molar-refractivity contribution in [1.29, 1.82) is 0 Å². The van der Waals surface area contributed by atoms with Gasteiger partial charge in [0.2, 0.25) is 11.9 Å². The van der Waals surface area contributed by atoms with Crippen LogP contribution in [0.3, 0.4) is 0 Å². The van der Waals surface area contributed by atoms with Crippen molar-refractivity contribution in [2.45, 2.75) is 33.4 Å². The van der Waals surface area contributed by atoms with Gasteiger partial charge in [0.25, 0.3) is 5.56 Å². The summed E-state index contributed by atoms with van der Waals surface area (Å²) >= 11 is 1.32. The molecule has 2 heterocycles. The lowest BCUT2D eigenvalue weighted by atomic mass is 10.2. The molecule has 1 N–H and O–H groups in total. The van der Waals surface area contributed by atoms with Crippen LogP contribution < -0.4 is 15.8 Å². The molecule has 3 aromatic rings. The van der Waals surface area contributed by atoms with Crippen LogP contribution in [0, 0.1) is 11.6 Å². The summed E-state index contributed by atoms with van der Waals surface area (Å²) in [7, 11) is 0. The van der Waals surface area contributed by atoms with E-state index in [-0.39, 0.29) is 36.5 Å². The summed E-state index contributed by atoms with van der Waals surface area (Å²) in [5.74, 6) is -1.18. The summed E-state index contributed by atoms with van der Waals surface area (Å²) in [5.41, 5.74) is 0.668. The Morgan fingerprint density at radius 1 is 1.24 bits per heavy atom. The maximum Gasteiger partial charge on any atom is 0.272 e. The van der Waals surface area contributed by atoms with Gasteiger partial charge in [-0.15, -0.1) is 11.3 Å². The molecule has 6 nitrogen and oxygen atoms in total. The van der Waals surface area contributed by atoms with Crippen molar-refractivity contribution in [1.82, 2.24) is 14.9 Å². The number of carbonyl (C=O) groups excluding carboxylic acids is 1. The lowest BCUT2D eigenvalue weighted by Gasteiger charge is -2.23. The van der Waals surface area contributed by atoms with Gasteiger partial charge in [-0.3, -0.25) is 14.2 Å². The van der Waals surface area contributed by atoms with Crippen molar-refractivity contribution >= 4 is 33.4 Å². The molecular weight excluding hydrogens is 398 g/mol. The molecule has 29 heavy (non-hydrogen) atoms. The van der Waals surface area contributed by atoms with E-state index in [4.69, 9.17) is 0 Å². The molecule has 0 atom stereocenters. The zero-order chi connectivity index (χ0) is 21.0. The molecule has 2 aromatic heterocycles. The molecule has 3 rings (SSSR count). The number of benzene rings is 1. The van der Waals surface area contributed by atoms with Crippen molar-refractivity contribution in [3.8, 4) is 0 Å². The Hall–Kier alpha value is -2.81. The van der Waals surface area contributed by atoms with Crippen LogP contribution in [0.2, 0.25) is 0 Å². The highest BCUT2D eigenvalue weighted by atomic mass is 32.1. The van der Waals surface area contributed by atoms with E-state index in [1.807, 2.05) is 30.2 Å². The number of halogens is 2. The lowest BCUT2D eigenvalue weighted by molar-refractivity contribution is -0.121. The lowest BCUT2D eigenvalue weighted by Crippen LogP contribution is -2.34. The van der Waals surface area contributed by atoms with Gasteiger partial charge < -0.3 is 10.2 Å².